The molecule has 1 aromatic heterocycles. The first kappa shape index (κ1) is 24.4. The molecule has 1 unspecified atom stereocenters. The Morgan fingerprint density at radius 2 is 1.91 bits per heavy atom. The molecule has 176 valence electrons. The summed E-state index contributed by atoms with van der Waals surface area (Å²) in [6.45, 7) is 11.3. The number of piperazine rings is 1. The number of hydrogen-bond acceptors (Lipinski definition) is 7. The van der Waals surface area contributed by atoms with Crippen LogP contribution >= 0.6 is 11.3 Å². The number of carbonyl (C=O) groups excluding carboxylic acids is 3. The molecular formula is C23H34N4O4S. The van der Waals surface area contributed by atoms with Gasteiger partial charge in [-0.2, -0.15) is 0 Å². The van der Waals surface area contributed by atoms with Crippen LogP contribution in [0.5, 0.6) is 0 Å². The number of anilines is 1. The lowest BCUT2D eigenvalue weighted by molar-refractivity contribution is -0.124. The summed E-state index contributed by atoms with van der Waals surface area (Å²) in [6.07, 6.45) is 5.62. The van der Waals surface area contributed by atoms with Gasteiger partial charge in [-0.3, -0.25) is 19.4 Å². The molecule has 0 spiro atoms. The second kappa shape index (κ2) is 11.6. The van der Waals surface area contributed by atoms with Gasteiger partial charge in [-0.05, 0) is 45.1 Å². The van der Waals surface area contributed by atoms with E-state index in [2.05, 4.69) is 27.0 Å². The molecule has 3 rings (SSSR count). The number of hydrogen-bond donors (Lipinski definition) is 2. The Balaban J connectivity index is 1.59. The third-order valence-corrected chi connectivity index (χ3v) is 7.24. The second-order valence-corrected chi connectivity index (χ2v) is 9.31. The van der Waals surface area contributed by atoms with Crippen molar-refractivity contribution in [2.24, 2.45) is 0 Å². The minimum Gasteiger partial charge on any atom is -0.462 e. The average molecular weight is 463 g/mol. The molecule has 0 aromatic carbocycles. The van der Waals surface area contributed by atoms with Gasteiger partial charge in [-0.1, -0.05) is 6.08 Å². The molecule has 1 saturated heterocycles. The van der Waals surface area contributed by atoms with Crippen LogP contribution in [-0.4, -0.2) is 79.5 Å². The zero-order chi connectivity index (χ0) is 23.1. The van der Waals surface area contributed by atoms with Crippen molar-refractivity contribution in [3.05, 3.63) is 28.7 Å². The first-order valence-electron chi connectivity index (χ1n) is 11.4. The second-order valence-electron chi connectivity index (χ2n) is 8.21. The highest BCUT2D eigenvalue weighted by molar-refractivity contribution is 7.17. The van der Waals surface area contributed by atoms with Gasteiger partial charge in [-0.15, -0.1) is 17.9 Å². The van der Waals surface area contributed by atoms with E-state index in [9.17, 15) is 14.4 Å². The molecule has 32 heavy (non-hydrogen) atoms. The van der Waals surface area contributed by atoms with E-state index in [4.69, 9.17) is 4.74 Å². The number of carbonyl (C=O) groups is 3. The molecule has 0 radical (unpaired) electrons. The molecule has 0 bridgehead atoms. The number of nitrogens with zero attached hydrogens (tertiary/aromatic N) is 2. The van der Waals surface area contributed by atoms with Crippen LogP contribution in [0.3, 0.4) is 0 Å². The van der Waals surface area contributed by atoms with Crippen molar-refractivity contribution in [1.82, 2.24) is 15.1 Å². The summed E-state index contributed by atoms with van der Waals surface area (Å²) in [4.78, 5) is 43.0. The zero-order valence-electron chi connectivity index (χ0n) is 19.1. The highest BCUT2D eigenvalue weighted by Gasteiger charge is 2.30. The standard InChI is InChI=1S/C23H34N4O4S/c1-4-10-24-19(28)15-26-11-13-27(14-12-26)16(3)21(29)25-22-20(23(30)31-5-2)17-8-6-7-9-18(17)32-22/h4,16H,1,5-15H2,2-3H3,(H,24,28)(H,25,29). The van der Waals surface area contributed by atoms with E-state index in [-0.39, 0.29) is 23.8 Å². The summed E-state index contributed by atoms with van der Waals surface area (Å²) < 4.78 is 5.28. The fourth-order valence-corrected chi connectivity index (χ4v) is 5.49. The number of rotatable bonds is 9. The Kier molecular flexibility index (Phi) is 8.84. The van der Waals surface area contributed by atoms with Crippen LogP contribution in [0.25, 0.3) is 0 Å². The Morgan fingerprint density at radius 1 is 1.19 bits per heavy atom. The van der Waals surface area contributed by atoms with Crippen LogP contribution in [0.2, 0.25) is 0 Å². The predicted molar refractivity (Wildman–Crippen MR) is 126 cm³/mol. The number of amides is 2. The van der Waals surface area contributed by atoms with Crippen LogP contribution < -0.4 is 10.6 Å². The van der Waals surface area contributed by atoms with E-state index in [1.54, 1.807) is 13.0 Å². The summed E-state index contributed by atoms with van der Waals surface area (Å²) in [5.74, 6) is -0.484. The van der Waals surface area contributed by atoms with E-state index < -0.39 is 0 Å². The summed E-state index contributed by atoms with van der Waals surface area (Å²) in [5.41, 5.74) is 1.59. The Morgan fingerprint density at radius 3 is 2.59 bits per heavy atom. The van der Waals surface area contributed by atoms with Crippen LogP contribution in [0.1, 0.15) is 47.5 Å². The molecule has 1 aliphatic carbocycles. The van der Waals surface area contributed by atoms with Crippen molar-refractivity contribution in [2.75, 3.05) is 51.2 Å². The maximum Gasteiger partial charge on any atom is 0.341 e. The van der Waals surface area contributed by atoms with Crippen molar-refractivity contribution in [3.8, 4) is 0 Å². The lowest BCUT2D eigenvalue weighted by Gasteiger charge is -2.37. The molecule has 2 N–H and O–H groups in total. The number of thiophene rings is 1. The van der Waals surface area contributed by atoms with Gasteiger partial charge in [0.05, 0.1) is 24.8 Å². The summed E-state index contributed by atoms with van der Waals surface area (Å²) >= 11 is 1.51. The Bertz CT molecular complexity index is 845. The monoisotopic (exact) mass is 462 g/mol. The van der Waals surface area contributed by atoms with Crippen LogP contribution in [0, 0.1) is 0 Å². The van der Waals surface area contributed by atoms with Crippen molar-refractivity contribution in [3.63, 3.8) is 0 Å². The smallest absolute Gasteiger partial charge is 0.341 e. The van der Waals surface area contributed by atoms with Crippen molar-refractivity contribution >= 4 is 34.1 Å². The fourth-order valence-electron chi connectivity index (χ4n) is 4.21. The normalized spacial score (nSPS) is 17.8. The maximum atomic E-state index is 13.0. The summed E-state index contributed by atoms with van der Waals surface area (Å²) in [5, 5.41) is 6.43. The molecule has 0 saturated carbocycles. The molecule has 2 aliphatic rings. The van der Waals surface area contributed by atoms with Gasteiger partial charge in [0.25, 0.3) is 0 Å². The highest BCUT2D eigenvalue weighted by atomic mass is 32.1. The van der Waals surface area contributed by atoms with E-state index in [1.807, 2.05) is 6.92 Å². The number of esters is 1. The highest BCUT2D eigenvalue weighted by Crippen LogP contribution is 2.38. The largest absolute Gasteiger partial charge is 0.462 e. The minimum atomic E-state index is -0.349. The summed E-state index contributed by atoms with van der Waals surface area (Å²) in [7, 11) is 0. The van der Waals surface area contributed by atoms with Gasteiger partial charge >= 0.3 is 5.97 Å². The first-order chi connectivity index (χ1) is 15.4. The van der Waals surface area contributed by atoms with Crippen molar-refractivity contribution in [1.29, 1.82) is 0 Å². The van der Waals surface area contributed by atoms with Gasteiger partial charge in [0.15, 0.2) is 0 Å². The quantitative estimate of drug-likeness (QED) is 0.431. The number of fused-ring (bicyclic) bond motifs is 1. The molecule has 2 heterocycles. The van der Waals surface area contributed by atoms with Gasteiger partial charge < -0.3 is 15.4 Å². The van der Waals surface area contributed by atoms with Crippen molar-refractivity contribution < 1.29 is 19.1 Å². The van der Waals surface area contributed by atoms with Crippen LogP contribution in [-0.2, 0) is 27.2 Å². The third-order valence-electron chi connectivity index (χ3n) is 6.03. The van der Waals surface area contributed by atoms with Gasteiger partial charge in [0.2, 0.25) is 11.8 Å². The Hall–Kier alpha value is -2.23. The zero-order valence-corrected chi connectivity index (χ0v) is 19.9. The molecule has 9 heteroatoms. The molecule has 1 aromatic rings. The van der Waals surface area contributed by atoms with Crippen molar-refractivity contribution in [2.45, 2.75) is 45.6 Å². The maximum absolute atomic E-state index is 13.0. The molecule has 1 aliphatic heterocycles. The first-order valence-corrected chi connectivity index (χ1v) is 12.2. The van der Waals surface area contributed by atoms with E-state index in [1.165, 1.54) is 16.2 Å². The molecule has 8 nitrogen and oxygen atoms in total. The van der Waals surface area contributed by atoms with Crippen LogP contribution in [0.15, 0.2) is 12.7 Å². The Labute approximate surface area is 194 Å². The summed E-state index contributed by atoms with van der Waals surface area (Å²) in [6, 6.07) is -0.332. The van der Waals surface area contributed by atoms with Gasteiger partial charge in [0, 0.05) is 37.6 Å². The van der Waals surface area contributed by atoms with E-state index >= 15 is 0 Å². The molecule has 1 fully saturated rings. The molecular weight excluding hydrogens is 428 g/mol. The molecule has 2 amide bonds. The van der Waals surface area contributed by atoms with Crippen LogP contribution in [0.4, 0.5) is 5.00 Å². The van der Waals surface area contributed by atoms with E-state index in [0.29, 0.717) is 43.4 Å². The predicted octanol–water partition coefficient (Wildman–Crippen LogP) is 2.05. The lowest BCUT2D eigenvalue weighted by Crippen LogP contribution is -2.54. The lowest BCUT2D eigenvalue weighted by atomic mass is 9.95. The number of nitrogens with one attached hydrogen (secondary N) is 2. The number of aryl methyl sites for hydroxylation is 1. The van der Waals surface area contributed by atoms with Gasteiger partial charge in [-0.25, -0.2) is 4.79 Å². The van der Waals surface area contributed by atoms with E-state index in [0.717, 1.165) is 44.3 Å². The fraction of sp³-hybridized carbons (Fsp3) is 0.609. The van der Waals surface area contributed by atoms with Gasteiger partial charge in [0.1, 0.15) is 5.00 Å². The third kappa shape index (κ3) is 5.96. The minimum absolute atomic E-state index is 0.0164. The molecule has 1 atom stereocenters. The average Bonchev–Trinajstić information content (AvgIpc) is 3.15. The topological polar surface area (TPSA) is 91.0 Å². The SMILES string of the molecule is C=CCNC(=O)CN1CCN(C(C)C(=O)Nc2sc3c(c2C(=O)OCC)CCCC3)CC1. The number of ether oxygens (including phenoxy) is 1.